The number of nitrogens with zero attached hydrogens (tertiary/aromatic N) is 3. The van der Waals surface area contributed by atoms with E-state index in [1.165, 1.54) is 11.3 Å². The molecule has 3 aromatic rings. The maximum absolute atomic E-state index is 12.1. The Morgan fingerprint density at radius 3 is 2.71 bits per heavy atom. The molecule has 8 heteroatoms. The highest BCUT2D eigenvalue weighted by molar-refractivity contribution is 9.10. The van der Waals surface area contributed by atoms with E-state index in [0.717, 1.165) is 26.5 Å². The molecule has 0 saturated heterocycles. The first-order valence-electron chi connectivity index (χ1n) is 7.36. The topological polar surface area (TPSA) is 70.4 Å². The summed E-state index contributed by atoms with van der Waals surface area (Å²) < 4.78 is 3.04. The van der Waals surface area contributed by atoms with Gasteiger partial charge in [0.25, 0.3) is 5.91 Å². The van der Waals surface area contributed by atoms with Gasteiger partial charge in [0.2, 0.25) is 5.95 Å². The van der Waals surface area contributed by atoms with Gasteiger partial charge in [0.1, 0.15) is 10.3 Å². The molecule has 24 heavy (non-hydrogen) atoms. The van der Waals surface area contributed by atoms with E-state index in [4.69, 9.17) is 5.11 Å². The van der Waals surface area contributed by atoms with Crippen LogP contribution in [0.1, 0.15) is 9.67 Å². The van der Waals surface area contributed by atoms with Crippen LogP contribution in [0.3, 0.4) is 0 Å². The molecule has 3 rings (SSSR count). The number of fused-ring (bicyclic) bond motifs is 1. The predicted molar refractivity (Wildman–Crippen MR) is 100 cm³/mol. The monoisotopic (exact) mass is 408 g/mol. The van der Waals surface area contributed by atoms with Gasteiger partial charge >= 0.3 is 0 Å². The average Bonchev–Trinajstić information content (AvgIpc) is 3.11. The lowest BCUT2D eigenvalue weighted by molar-refractivity contribution is 0.0949. The van der Waals surface area contributed by atoms with Gasteiger partial charge in [0.15, 0.2) is 0 Å². The number of amides is 1. The number of anilines is 1. The lowest BCUT2D eigenvalue weighted by Gasteiger charge is -2.14. The number of carbonyl (C=O) groups is 1. The second-order valence-corrected chi connectivity index (χ2v) is 7.34. The highest BCUT2D eigenvalue weighted by Gasteiger charge is 2.19. The van der Waals surface area contributed by atoms with E-state index >= 15 is 0 Å². The van der Waals surface area contributed by atoms with Crippen LogP contribution in [0, 0.1) is 0 Å². The Morgan fingerprint density at radius 1 is 1.38 bits per heavy atom. The first kappa shape index (κ1) is 16.9. The summed E-state index contributed by atoms with van der Waals surface area (Å²) in [6, 6.07) is 9.74. The number of hydrogen-bond donors (Lipinski definition) is 2. The third-order valence-corrected chi connectivity index (χ3v) is 5.06. The number of benzene rings is 1. The molecule has 126 valence electrons. The zero-order valence-electron chi connectivity index (χ0n) is 13.3. The van der Waals surface area contributed by atoms with Crippen LogP contribution in [0.25, 0.3) is 16.0 Å². The maximum Gasteiger partial charge on any atom is 0.261 e. The van der Waals surface area contributed by atoms with Crippen molar-refractivity contribution in [2.45, 2.75) is 0 Å². The number of hydrogen-bond acceptors (Lipinski definition) is 5. The summed E-state index contributed by atoms with van der Waals surface area (Å²) in [6.45, 7) is 0.162. The molecule has 2 heterocycles. The molecule has 0 aliphatic rings. The van der Waals surface area contributed by atoms with Gasteiger partial charge in [-0.3, -0.25) is 9.36 Å². The Morgan fingerprint density at radius 2 is 2.08 bits per heavy atom. The Balaban J connectivity index is 2.10. The van der Waals surface area contributed by atoms with Crippen molar-refractivity contribution in [2.75, 3.05) is 32.1 Å². The molecule has 1 aromatic carbocycles. The second-order valence-electron chi connectivity index (χ2n) is 5.40. The highest BCUT2D eigenvalue weighted by atomic mass is 79.9. The summed E-state index contributed by atoms with van der Waals surface area (Å²) in [6.07, 6.45) is 0. The highest BCUT2D eigenvalue weighted by Crippen LogP contribution is 2.33. The lowest BCUT2D eigenvalue weighted by atomic mass is 10.3. The smallest absolute Gasteiger partial charge is 0.261 e. The van der Waals surface area contributed by atoms with Crippen molar-refractivity contribution >= 4 is 49.5 Å². The number of carbonyl (C=O) groups excluding carboxylic acids is 1. The average molecular weight is 409 g/mol. The standard InChI is InChI=1S/C16H17BrN4O2S/c1-20(2)16-19-12-9-13(14(23)18-7-8-22)24-15(12)21(16)11-5-3-10(17)4-6-11/h3-6,9,22H,7-8H2,1-2H3,(H,18,23). The summed E-state index contributed by atoms with van der Waals surface area (Å²) in [7, 11) is 3.88. The van der Waals surface area contributed by atoms with E-state index in [-0.39, 0.29) is 19.1 Å². The molecule has 6 nitrogen and oxygen atoms in total. The molecule has 0 unspecified atom stereocenters. The minimum atomic E-state index is -0.194. The molecule has 2 N–H and O–H groups in total. The van der Waals surface area contributed by atoms with Crippen LogP contribution in [0.15, 0.2) is 34.8 Å². The summed E-state index contributed by atoms with van der Waals surface area (Å²) >= 11 is 4.84. The Bertz CT molecular complexity index is 870. The van der Waals surface area contributed by atoms with Gasteiger partial charge in [-0.1, -0.05) is 15.9 Å². The summed E-state index contributed by atoms with van der Waals surface area (Å²) in [5.74, 6) is 0.613. The third kappa shape index (κ3) is 3.17. The van der Waals surface area contributed by atoms with Crippen molar-refractivity contribution in [3.05, 3.63) is 39.7 Å². The molecule has 2 aromatic heterocycles. The van der Waals surface area contributed by atoms with Crippen LogP contribution in [0.4, 0.5) is 5.95 Å². The number of nitrogens with one attached hydrogen (secondary N) is 1. The van der Waals surface area contributed by atoms with E-state index in [1.54, 1.807) is 6.07 Å². The largest absolute Gasteiger partial charge is 0.395 e. The van der Waals surface area contributed by atoms with Crippen LogP contribution >= 0.6 is 27.3 Å². The zero-order valence-corrected chi connectivity index (χ0v) is 15.7. The van der Waals surface area contributed by atoms with Crippen LogP contribution < -0.4 is 10.2 Å². The van der Waals surface area contributed by atoms with Crippen LogP contribution in [0.2, 0.25) is 0 Å². The van der Waals surface area contributed by atoms with Crippen LogP contribution in [-0.2, 0) is 0 Å². The minimum Gasteiger partial charge on any atom is -0.395 e. The Kier molecular flexibility index (Phi) is 4.88. The molecule has 0 aliphatic heterocycles. The Hall–Kier alpha value is -1.90. The summed E-state index contributed by atoms with van der Waals surface area (Å²) in [5, 5.41) is 11.5. The fraction of sp³-hybridized carbons (Fsp3) is 0.250. The molecule has 0 spiro atoms. The number of halogens is 1. The normalized spacial score (nSPS) is 11.0. The SMILES string of the molecule is CN(C)c1nc2cc(C(=O)NCCO)sc2n1-c1ccc(Br)cc1. The first-order valence-corrected chi connectivity index (χ1v) is 8.97. The molecule has 0 aliphatic carbocycles. The van der Waals surface area contributed by atoms with Crippen LogP contribution in [0.5, 0.6) is 0 Å². The predicted octanol–water partition coefficient (Wildman–Crippen LogP) is 2.64. The number of thiophene rings is 1. The molecule has 0 saturated carbocycles. The first-order chi connectivity index (χ1) is 11.5. The summed E-state index contributed by atoms with van der Waals surface area (Å²) in [5.41, 5.74) is 1.76. The van der Waals surface area contributed by atoms with Gasteiger partial charge in [-0.25, -0.2) is 4.98 Å². The van der Waals surface area contributed by atoms with Gasteiger partial charge in [0, 0.05) is 30.8 Å². The molecule has 0 fully saturated rings. The molecule has 0 atom stereocenters. The van der Waals surface area contributed by atoms with Crippen LogP contribution in [-0.4, -0.2) is 47.8 Å². The third-order valence-electron chi connectivity index (χ3n) is 3.42. The molecule has 0 bridgehead atoms. The van der Waals surface area contributed by atoms with E-state index in [0.29, 0.717) is 4.88 Å². The fourth-order valence-electron chi connectivity index (χ4n) is 2.35. The van der Waals surface area contributed by atoms with Crippen molar-refractivity contribution in [1.82, 2.24) is 14.9 Å². The molecule has 1 amide bonds. The maximum atomic E-state index is 12.1. The van der Waals surface area contributed by atoms with Crippen molar-refractivity contribution in [3.63, 3.8) is 0 Å². The minimum absolute atomic E-state index is 0.0786. The second kappa shape index (κ2) is 6.92. The van der Waals surface area contributed by atoms with Crippen molar-refractivity contribution in [2.24, 2.45) is 0 Å². The zero-order chi connectivity index (χ0) is 17.3. The van der Waals surface area contributed by atoms with E-state index in [2.05, 4.69) is 26.2 Å². The van der Waals surface area contributed by atoms with Gasteiger partial charge in [-0.05, 0) is 30.3 Å². The Labute approximate surface area is 151 Å². The fourth-order valence-corrected chi connectivity index (χ4v) is 3.65. The summed E-state index contributed by atoms with van der Waals surface area (Å²) in [4.78, 5) is 20.2. The van der Waals surface area contributed by atoms with Crippen molar-refractivity contribution in [3.8, 4) is 5.69 Å². The molecular formula is C16H17BrN4O2S. The van der Waals surface area contributed by atoms with E-state index in [9.17, 15) is 4.79 Å². The number of rotatable bonds is 5. The lowest BCUT2D eigenvalue weighted by Crippen LogP contribution is -2.25. The number of aromatic nitrogens is 2. The van der Waals surface area contributed by atoms with Gasteiger partial charge in [-0.15, -0.1) is 11.3 Å². The number of aliphatic hydroxyl groups is 1. The van der Waals surface area contributed by atoms with Gasteiger partial charge < -0.3 is 15.3 Å². The van der Waals surface area contributed by atoms with Gasteiger partial charge in [-0.2, -0.15) is 0 Å². The molecule has 0 radical (unpaired) electrons. The molecular weight excluding hydrogens is 392 g/mol. The quantitative estimate of drug-likeness (QED) is 0.680. The van der Waals surface area contributed by atoms with E-state index in [1.807, 2.05) is 47.8 Å². The van der Waals surface area contributed by atoms with E-state index < -0.39 is 0 Å². The van der Waals surface area contributed by atoms with Crippen molar-refractivity contribution in [1.29, 1.82) is 0 Å². The number of imidazole rings is 1. The van der Waals surface area contributed by atoms with Crippen molar-refractivity contribution < 1.29 is 9.90 Å². The van der Waals surface area contributed by atoms with Gasteiger partial charge in [0.05, 0.1) is 11.5 Å². The number of aliphatic hydroxyl groups excluding tert-OH is 1.